The number of hydrogen-bond donors (Lipinski definition) is 2. The molecule has 4 nitrogen and oxygen atoms in total. The summed E-state index contributed by atoms with van der Waals surface area (Å²) < 4.78 is 0. The molecule has 1 fully saturated rings. The molecule has 1 aromatic heterocycles. The van der Waals surface area contributed by atoms with E-state index in [9.17, 15) is 0 Å². The summed E-state index contributed by atoms with van der Waals surface area (Å²) >= 11 is 0. The predicted molar refractivity (Wildman–Crippen MR) is 83.0 cm³/mol. The van der Waals surface area contributed by atoms with Crippen LogP contribution in [0.25, 0.3) is 0 Å². The van der Waals surface area contributed by atoms with Gasteiger partial charge in [-0.05, 0) is 43.9 Å². The van der Waals surface area contributed by atoms with E-state index in [-0.39, 0.29) is 0 Å². The highest BCUT2D eigenvalue weighted by Gasteiger charge is 2.20. The van der Waals surface area contributed by atoms with E-state index in [0.29, 0.717) is 18.6 Å². The fourth-order valence-corrected chi connectivity index (χ4v) is 2.82. The van der Waals surface area contributed by atoms with Gasteiger partial charge in [0.15, 0.2) is 0 Å². The van der Waals surface area contributed by atoms with Gasteiger partial charge in [-0.25, -0.2) is 4.98 Å². The second-order valence-corrected chi connectivity index (χ2v) is 5.64. The van der Waals surface area contributed by atoms with Crippen molar-refractivity contribution in [2.45, 2.75) is 38.6 Å². The van der Waals surface area contributed by atoms with Crippen LogP contribution in [0.5, 0.6) is 0 Å². The van der Waals surface area contributed by atoms with Crippen molar-refractivity contribution >= 4 is 5.82 Å². The monoisotopic (exact) mass is 277 g/mol. The third kappa shape index (κ3) is 4.46. The molecule has 1 atom stereocenters. The summed E-state index contributed by atoms with van der Waals surface area (Å²) in [5.74, 6) is 1.70. The Labute approximate surface area is 122 Å². The first-order valence-electron chi connectivity index (χ1n) is 7.83. The number of pyridine rings is 1. The molecule has 0 aliphatic carbocycles. The molecule has 1 aromatic rings. The zero-order valence-corrected chi connectivity index (χ0v) is 12.5. The third-order valence-electron chi connectivity index (χ3n) is 4.28. The molecule has 0 bridgehead atoms. The van der Waals surface area contributed by atoms with Gasteiger partial charge in [-0.2, -0.15) is 0 Å². The van der Waals surface area contributed by atoms with Gasteiger partial charge < -0.3 is 15.3 Å². The zero-order chi connectivity index (χ0) is 14.2. The van der Waals surface area contributed by atoms with E-state index < -0.39 is 0 Å². The number of anilines is 1. The number of aromatic nitrogens is 1. The first kappa shape index (κ1) is 15.3. The van der Waals surface area contributed by atoms with Crippen LogP contribution in [0.2, 0.25) is 0 Å². The molecular formula is C16H27N3O. The van der Waals surface area contributed by atoms with E-state index in [1.165, 1.54) is 12.8 Å². The number of rotatable bonds is 7. The van der Waals surface area contributed by atoms with Crippen LogP contribution in [0.4, 0.5) is 5.82 Å². The van der Waals surface area contributed by atoms with Crippen molar-refractivity contribution in [3.63, 3.8) is 0 Å². The highest BCUT2D eigenvalue weighted by atomic mass is 16.3. The topological polar surface area (TPSA) is 48.4 Å². The van der Waals surface area contributed by atoms with Gasteiger partial charge in [0, 0.05) is 31.9 Å². The Kier molecular flexibility index (Phi) is 6.27. The van der Waals surface area contributed by atoms with E-state index in [2.05, 4.69) is 28.2 Å². The number of hydrogen-bond acceptors (Lipinski definition) is 4. The molecule has 0 saturated carbocycles. The molecule has 0 amide bonds. The quantitative estimate of drug-likeness (QED) is 0.801. The average Bonchev–Trinajstić information content (AvgIpc) is 2.53. The van der Waals surface area contributed by atoms with Gasteiger partial charge in [0.05, 0.1) is 0 Å². The third-order valence-corrected chi connectivity index (χ3v) is 4.28. The molecular weight excluding hydrogens is 250 g/mol. The van der Waals surface area contributed by atoms with E-state index >= 15 is 0 Å². The minimum absolute atomic E-state index is 0.304. The predicted octanol–water partition coefficient (Wildman–Crippen LogP) is 2.05. The number of piperidine rings is 1. The minimum Gasteiger partial charge on any atom is -0.396 e. The number of nitrogens with zero attached hydrogens (tertiary/aromatic N) is 2. The Bertz CT molecular complexity index is 363. The lowest BCUT2D eigenvalue weighted by atomic mass is 10.00. The van der Waals surface area contributed by atoms with Gasteiger partial charge in [0.25, 0.3) is 0 Å². The van der Waals surface area contributed by atoms with Crippen molar-refractivity contribution in [3.8, 4) is 0 Å². The Hall–Kier alpha value is -1.13. The number of aliphatic hydroxyl groups excluding tert-OH is 1. The summed E-state index contributed by atoms with van der Waals surface area (Å²) in [5.41, 5.74) is 0. The molecule has 1 aliphatic heterocycles. The Morgan fingerprint density at radius 3 is 2.80 bits per heavy atom. The van der Waals surface area contributed by atoms with E-state index in [0.717, 1.165) is 38.3 Å². The van der Waals surface area contributed by atoms with Crippen molar-refractivity contribution in [1.82, 2.24) is 10.3 Å². The van der Waals surface area contributed by atoms with E-state index in [1.54, 1.807) is 0 Å². The van der Waals surface area contributed by atoms with Gasteiger partial charge in [-0.1, -0.05) is 19.4 Å². The molecule has 2 N–H and O–H groups in total. The molecule has 4 heteroatoms. The lowest BCUT2D eigenvalue weighted by molar-refractivity contribution is 0.246. The summed E-state index contributed by atoms with van der Waals surface area (Å²) in [6, 6.07) is 6.71. The van der Waals surface area contributed by atoms with Crippen LogP contribution < -0.4 is 10.2 Å². The summed E-state index contributed by atoms with van der Waals surface area (Å²) in [6.45, 7) is 5.69. The normalized spacial score (nSPS) is 18.2. The van der Waals surface area contributed by atoms with Crippen molar-refractivity contribution in [2.75, 3.05) is 31.1 Å². The fraction of sp³-hybridized carbons (Fsp3) is 0.688. The highest BCUT2D eigenvalue weighted by Crippen LogP contribution is 2.17. The number of aliphatic hydroxyl groups is 1. The van der Waals surface area contributed by atoms with Gasteiger partial charge in [-0.3, -0.25) is 0 Å². The van der Waals surface area contributed by atoms with Gasteiger partial charge in [0.1, 0.15) is 5.82 Å². The summed E-state index contributed by atoms with van der Waals surface area (Å²) in [6.07, 6.45) is 6.26. The molecule has 1 saturated heterocycles. The van der Waals surface area contributed by atoms with E-state index in [4.69, 9.17) is 5.11 Å². The molecule has 2 heterocycles. The molecule has 0 aromatic carbocycles. The van der Waals surface area contributed by atoms with Gasteiger partial charge >= 0.3 is 0 Å². The van der Waals surface area contributed by atoms with Crippen LogP contribution in [0.15, 0.2) is 24.4 Å². The van der Waals surface area contributed by atoms with Crippen molar-refractivity contribution in [3.05, 3.63) is 24.4 Å². The maximum Gasteiger partial charge on any atom is 0.128 e. The fourth-order valence-electron chi connectivity index (χ4n) is 2.82. The molecule has 20 heavy (non-hydrogen) atoms. The number of nitrogens with one attached hydrogen (secondary N) is 1. The first-order valence-corrected chi connectivity index (χ1v) is 7.83. The molecule has 2 rings (SSSR count). The smallest absolute Gasteiger partial charge is 0.128 e. The molecule has 1 aliphatic rings. The van der Waals surface area contributed by atoms with Crippen LogP contribution in [0, 0.1) is 5.92 Å². The van der Waals surface area contributed by atoms with Gasteiger partial charge in [-0.15, -0.1) is 0 Å². The SMILES string of the molecule is CCC(CCO)CNC1CCN(c2ccccn2)CC1. The second-order valence-electron chi connectivity index (χ2n) is 5.64. The maximum absolute atomic E-state index is 9.02. The van der Waals surface area contributed by atoms with Gasteiger partial charge in [0.2, 0.25) is 0 Å². The van der Waals surface area contributed by atoms with Crippen molar-refractivity contribution < 1.29 is 5.11 Å². The zero-order valence-electron chi connectivity index (χ0n) is 12.5. The Morgan fingerprint density at radius 2 is 2.20 bits per heavy atom. The van der Waals surface area contributed by atoms with Crippen LogP contribution >= 0.6 is 0 Å². The van der Waals surface area contributed by atoms with Crippen LogP contribution in [0.3, 0.4) is 0 Å². The lowest BCUT2D eigenvalue weighted by Gasteiger charge is -2.34. The Morgan fingerprint density at radius 1 is 1.40 bits per heavy atom. The average molecular weight is 277 g/mol. The molecule has 0 spiro atoms. The highest BCUT2D eigenvalue weighted by molar-refractivity contribution is 5.38. The largest absolute Gasteiger partial charge is 0.396 e. The Balaban J connectivity index is 1.72. The summed E-state index contributed by atoms with van der Waals surface area (Å²) in [7, 11) is 0. The van der Waals surface area contributed by atoms with E-state index in [1.807, 2.05) is 18.3 Å². The van der Waals surface area contributed by atoms with Crippen LogP contribution in [-0.2, 0) is 0 Å². The molecule has 1 unspecified atom stereocenters. The van der Waals surface area contributed by atoms with Crippen molar-refractivity contribution in [2.24, 2.45) is 5.92 Å². The first-order chi connectivity index (χ1) is 9.83. The maximum atomic E-state index is 9.02. The van der Waals surface area contributed by atoms with Crippen molar-refractivity contribution in [1.29, 1.82) is 0 Å². The van der Waals surface area contributed by atoms with Crippen LogP contribution in [0.1, 0.15) is 32.6 Å². The lowest BCUT2D eigenvalue weighted by Crippen LogP contribution is -2.44. The second kappa shape index (κ2) is 8.22. The summed E-state index contributed by atoms with van der Waals surface area (Å²) in [4.78, 5) is 6.78. The standard InChI is InChI=1S/C16H27N3O/c1-2-14(8-12-20)13-18-15-6-10-19(11-7-15)16-5-3-4-9-17-16/h3-5,9,14-15,18,20H,2,6-8,10-13H2,1H3. The minimum atomic E-state index is 0.304. The molecule has 112 valence electrons. The summed E-state index contributed by atoms with van der Waals surface area (Å²) in [5, 5.41) is 12.7. The molecule has 0 radical (unpaired) electrons. The van der Waals surface area contributed by atoms with Crippen LogP contribution in [-0.4, -0.2) is 42.4 Å².